The van der Waals surface area contributed by atoms with Crippen molar-refractivity contribution in [1.29, 1.82) is 0 Å². The van der Waals surface area contributed by atoms with E-state index in [2.05, 4.69) is 136 Å². The average Bonchev–Trinajstić information content (AvgIpc) is 3.43. The number of pyridine rings is 2. The topological polar surface area (TPSA) is 26.6 Å². The molecule has 0 aliphatic rings. The third kappa shape index (κ3) is 4.98. The summed E-state index contributed by atoms with van der Waals surface area (Å²) in [6, 6.07) is 21.3. The predicted octanol–water partition coefficient (Wildman–Crippen LogP) is 6.03. The van der Waals surface area contributed by atoms with Gasteiger partial charge in [-0.05, 0) is 36.6 Å². The quantitative estimate of drug-likeness (QED) is 0.199. The van der Waals surface area contributed by atoms with Crippen molar-refractivity contribution in [3.05, 3.63) is 95.8 Å². The summed E-state index contributed by atoms with van der Waals surface area (Å²) < 4.78 is 6.67. The van der Waals surface area contributed by atoms with Gasteiger partial charge in [0.1, 0.15) is 11.4 Å². The Morgan fingerprint density at radius 1 is 0.853 bits per heavy atom. The summed E-state index contributed by atoms with van der Waals surface area (Å²) in [6.07, 6.45) is 5.49. The van der Waals surface area contributed by atoms with Crippen molar-refractivity contribution in [1.82, 2.24) is 14.1 Å². The van der Waals surface area contributed by atoms with Crippen LogP contribution in [0.25, 0.3) is 11.6 Å². The molecular formula is C29H36N4Pt. The van der Waals surface area contributed by atoms with Crippen molar-refractivity contribution in [2.45, 2.75) is 65.2 Å². The molecule has 0 amide bonds. The Morgan fingerprint density at radius 3 is 2.21 bits per heavy atom. The number of hydrogen-bond donors (Lipinski definition) is 0. The first-order chi connectivity index (χ1) is 15.5. The van der Waals surface area contributed by atoms with Gasteiger partial charge in [0, 0.05) is 38.2 Å². The monoisotopic (exact) mass is 635 g/mol. The molecule has 4 aromatic heterocycles. The molecule has 0 N–H and O–H groups in total. The van der Waals surface area contributed by atoms with Gasteiger partial charge in [0.25, 0.3) is 5.82 Å². The van der Waals surface area contributed by atoms with E-state index in [0.717, 1.165) is 17.3 Å². The van der Waals surface area contributed by atoms with Gasteiger partial charge < -0.3 is 4.57 Å². The van der Waals surface area contributed by atoms with Gasteiger partial charge in [-0.15, -0.1) is 6.07 Å². The minimum absolute atomic E-state index is 0. The molecule has 4 rings (SSSR count). The second kappa shape index (κ2) is 9.66. The molecule has 1 atom stereocenters. The molecule has 0 saturated heterocycles. The minimum atomic E-state index is 0. The van der Waals surface area contributed by atoms with E-state index in [1.165, 1.54) is 17.1 Å². The van der Waals surface area contributed by atoms with E-state index in [1.54, 1.807) is 0 Å². The van der Waals surface area contributed by atoms with Gasteiger partial charge in [-0.2, -0.15) is 6.07 Å². The van der Waals surface area contributed by atoms with Crippen LogP contribution in [-0.2, 0) is 38.9 Å². The summed E-state index contributed by atoms with van der Waals surface area (Å²) in [5.74, 6) is 2.20. The van der Waals surface area contributed by atoms with E-state index in [4.69, 9.17) is 4.98 Å². The fourth-order valence-corrected chi connectivity index (χ4v) is 4.52. The molecule has 0 aliphatic carbocycles. The molecule has 5 heteroatoms. The van der Waals surface area contributed by atoms with E-state index in [9.17, 15) is 0 Å². The largest absolute Gasteiger partial charge is 0.432 e. The summed E-state index contributed by atoms with van der Waals surface area (Å²) in [6.45, 7) is 15.7. The minimum Gasteiger partial charge on any atom is -0.432 e. The van der Waals surface area contributed by atoms with Crippen LogP contribution in [0.4, 0.5) is 0 Å². The van der Waals surface area contributed by atoms with Crippen molar-refractivity contribution >= 4 is 0 Å². The van der Waals surface area contributed by atoms with Crippen LogP contribution in [0.3, 0.4) is 0 Å². The zero-order chi connectivity index (χ0) is 24.0. The van der Waals surface area contributed by atoms with Gasteiger partial charge in [-0.25, -0.2) is 9.13 Å². The molecule has 4 nitrogen and oxygen atoms in total. The second-order valence-corrected chi connectivity index (χ2v) is 11.0. The maximum absolute atomic E-state index is 5.07. The molecule has 34 heavy (non-hydrogen) atoms. The first kappa shape index (κ1) is 26.2. The smallest absolute Gasteiger partial charge is 0.286 e. The van der Waals surface area contributed by atoms with Crippen LogP contribution in [0.15, 0.2) is 66.9 Å². The van der Waals surface area contributed by atoms with E-state index in [-0.39, 0.29) is 37.8 Å². The third-order valence-electron chi connectivity index (χ3n) is 6.33. The van der Waals surface area contributed by atoms with Crippen LogP contribution in [0.5, 0.6) is 0 Å². The first-order valence-electron chi connectivity index (χ1n) is 11.7. The standard InChI is InChI=1S/C29H36N4.Pt/c1-21(22-13-9-17-26(30-22)32-19-11-15-24(32)28(2,3)4)23-14-10-18-27(31(23)8)33-20-12-16-25(33)29(5,6)7;/h9-18,20-21H,1-8H3;. The molecule has 0 radical (unpaired) electrons. The normalized spacial score (nSPS) is 12.9. The molecular weight excluding hydrogens is 599 g/mol. The van der Waals surface area contributed by atoms with Gasteiger partial charge in [0.15, 0.2) is 0 Å². The van der Waals surface area contributed by atoms with Crippen LogP contribution in [-0.4, -0.2) is 14.1 Å². The summed E-state index contributed by atoms with van der Waals surface area (Å²) in [5, 5.41) is 0. The van der Waals surface area contributed by atoms with Crippen LogP contribution in [0, 0.1) is 6.20 Å². The van der Waals surface area contributed by atoms with Crippen molar-refractivity contribution in [3.8, 4) is 11.6 Å². The number of nitrogens with zero attached hydrogens (tertiary/aromatic N) is 4. The summed E-state index contributed by atoms with van der Waals surface area (Å²) >= 11 is 0. The SMILES string of the molecule is CC(c1cccc(-n2[c-]ccc2C(C)(C)C)n1)c1cccc(-n2cccc2C(C)(C)C)[n+]1C.[Pt]. The van der Waals surface area contributed by atoms with Gasteiger partial charge >= 0.3 is 0 Å². The summed E-state index contributed by atoms with van der Waals surface area (Å²) in [5.41, 5.74) is 4.84. The van der Waals surface area contributed by atoms with Crippen LogP contribution < -0.4 is 4.57 Å². The molecule has 0 aromatic carbocycles. The first-order valence-corrected chi connectivity index (χ1v) is 11.7. The Bertz CT molecular complexity index is 1270. The number of hydrogen-bond acceptors (Lipinski definition) is 1. The van der Waals surface area contributed by atoms with Crippen molar-refractivity contribution < 1.29 is 25.6 Å². The maximum atomic E-state index is 5.07. The molecule has 0 bridgehead atoms. The van der Waals surface area contributed by atoms with Gasteiger partial charge in [-0.1, -0.05) is 71.6 Å². The molecule has 4 heterocycles. The third-order valence-corrected chi connectivity index (χ3v) is 6.33. The van der Waals surface area contributed by atoms with Gasteiger partial charge in [0.2, 0.25) is 0 Å². The van der Waals surface area contributed by atoms with Crippen LogP contribution in [0.1, 0.15) is 77.2 Å². The molecule has 0 aliphatic heterocycles. The fourth-order valence-electron chi connectivity index (χ4n) is 4.52. The molecule has 0 spiro atoms. The number of aromatic nitrogens is 4. The molecule has 182 valence electrons. The zero-order valence-corrected chi connectivity index (χ0v) is 23.8. The molecule has 0 saturated carbocycles. The van der Waals surface area contributed by atoms with E-state index in [0.29, 0.717) is 0 Å². The van der Waals surface area contributed by atoms with Crippen LogP contribution in [0.2, 0.25) is 0 Å². The Hall–Kier alpha value is -2.45. The maximum Gasteiger partial charge on any atom is 0.286 e. The summed E-state index contributed by atoms with van der Waals surface area (Å²) in [7, 11) is 2.15. The second-order valence-electron chi connectivity index (χ2n) is 11.0. The van der Waals surface area contributed by atoms with Gasteiger partial charge in [-0.3, -0.25) is 4.98 Å². The Morgan fingerprint density at radius 2 is 1.53 bits per heavy atom. The molecule has 0 fully saturated rings. The van der Waals surface area contributed by atoms with E-state index < -0.39 is 0 Å². The Labute approximate surface area is 218 Å². The van der Waals surface area contributed by atoms with Crippen LogP contribution >= 0.6 is 0 Å². The van der Waals surface area contributed by atoms with E-state index >= 15 is 0 Å². The molecule has 4 aromatic rings. The van der Waals surface area contributed by atoms with E-state index in [1.807, 2.05) is 6.07 Å². The van der Waals surface area contributed by atoms with Crippen molar-refractivity contribution in [2.75, 3.05) is 0 Å². The number of rotatable bonds is 4. The summed E-state index contributed by atoms with van der Waals surface area (Å²) in [4.78, 5) is 5.07. The van der Waals surface area contributed by atoms with Gasteiger partial charge in [0.05, 0.1) is 25.0 Å². The average molecular weight is 636 g/mol. The zero-order valence-electron chi connectivity index (χ0n) is 21.5. The Kier molecular flexibility index (Phi) is 7.43. The Balaban J connectivity index is 0.00000324. The fraction of sp³-hybridized carbons (Fsp3) is 0.379. The predicted molar refractivity (Wildman–Crippen MR) is 134 cm³/mol. The molecule has 1 unspecified atom stereocenters. The van der Waals surface area contributed by atoms with Crippen molar-refractivity contribution in [2.24, 2.45) is 7.05 Å². The van der Waals surface area contributed by atoms with Crippen molar-refractivity contribution in [3.63, 3.8) is 0 Å².